The lowest BCUT2D eigenvalue weighted by molar-refractivity contribution is 0.489. The summed E-state index contributed by atoms with van der Waals surface area (Å²) in [5.74, 6) is 1.96. The van der Waals surface area contributed by atoms with Gasteiger partial charge in [-0.3, -0.25) is 5.10 Å². The number of nitrogens with zero attached hydrogens (tertiary/aromatic N) is 1. The minimum Gasteiger partial charge on any atom is -0.466 e. The zero-order chi connectivity index (χ0) is 12.4. The summed E-state index contributed by atoms with van der Waals surface area (Å²) in [5.41, 5.74) is 3.54. The summed E-state index contributed by atoms with van der Waals surface area (Å²) < 4.78 is 5.54. The van der Waals surface area contributed by atoms with Gasteiger partial charge in [-0.15, -0.1) is 0 Å². The summed E-state index contributed by atoms with van der Waals surface area (Å²) in [5, 5.41) is 10.4. The summed E-state index contributed by atoms with van der Waals surface area (Å²) in [6.45, 7) is 8.97. The molecule has 0 saturated heterocycles. The molecule has 0 fully saturated rings. The summed E-state index contributed by atoms with van der Waals surface area (Å²) in [7, 11) is 0. The molecule has 2 aromatic rings. The van der Waals surface area contributed by atoms with Crippen LogP contribution in [0.1, 0.15) is 41.3 Å². The fraction of sp³-hybridized carbons (Fsp3) is 0.462. The first-order chi connectivity index (χ1) is 8.08. The normalized spacial score (nSPS) is 12.9. The van der Waals surface area contributed by atoms with Gasteiger partial charge in [0.05, 0.1) is 6.20 Å². The number of aromatic amines is 1. The van der Waals surface area contributed by atoms with Crippen molar-refractivity contribution in [3.63, 3.8) is 0 Å². The van der Waals surface area contributed by atoms with E-state index in [1.54, 1.807) is 0 Å². The van der Waals surface area contributed by atoms with Crippen LogP contribution in [-0.4, -0.2) is 10.2 Å². The molecule has 2 heterocycles. The molecule has 1 unspecified atom stereocenters. The zero-order valence-electron chi connectivity index (χ0n) is 10.8. The van der Waals surface area contributed by atoms with E-state index in [4.69, 9.17) is 4.42 Å². The Labute approximate surface area is 101 Å². The smallest absolute Gasteiger partial charge is 0.105 e. The van der Waals surface area contributed by atoms with Crippen LogP contribution in [0.25, 0.3) is 0 Å². The van der Waals surface area contributed by atoms with E-state index in [2.05, 4.69) is 28.5 Å². The van der Waals surface area contributed by atoms with Crippen LogP contribution in [0.2, 0.25) is 0 Å². The molecule has 4 nitrogen and oxygen atoms in total. The maximum atomic E-state index is 5.54. The van der Waals surface area contributed by atoms with E-state index in [1.165, 1.54) is 11.1 Å². The number of nitrogens with one attached hydrogen (secondary N) is 2. The molecule has 2 rings (SSSR count). The topological polar surface area (TPSA) is 53.9 Å². The molecule has 0 radical (unpaired) electrons. The van der Waals surface area contributed by atoms with Crippen LogP contribution >= 0.6 is 0 Å². The van der Waals surface area contributed by atoms with Gasteiger partial charge in [0.2, 0.25) is 0 Å². The monoisotopic (exact) mass is 233 g/mol. The van der Waals surface area contributed by atoms with Gasteiger partial charge in [-0.1, -0.05) is 0 Å². The van der Waals surface area contributed by atoms with Crippen LogP contribution in [0.4, 0.5) is 0 Å². The van der Waals surface area contributed by atoms with Gasteiger partial charge >= 0.3 is 0 Å². The summed E-state index contributed by atoms with van der Waals surface area (Å²) in [4.78, 5) is 0. The fourth-order valence-electron chi connectivity index (χ4n) is 2.01. The van der Waals surface area contributed by atoms with Crippen molar-refractivity contribution in [3.8, 4) is 0 Å². The highest BCUT2D eigenvalue weighted by Crippen LogP contribution is 2.21. The van der Waals surface area contributed by atoms with E-state index in [9.17, 15) is 0 Å². The minimum atomic E-state index is 0.279. The summed E-state index contributed by atoms with van der Waals surface area (Å²) in [6.07, 6.45) is 1.86. The van der Waals surface area contributed by atoms with Crippen LogP contribution in [0.5, 0.6) is 0 Å². The second kappa shape index (κ2) is 4.75. The number of H-pyrrole nitrogens is 1. The van der Waals surface area contributed by atoms with Gasteiger partial charge in [0.25, 0.3) is 0 Å². The van der Waals surface area contributed by atoms with Crippen LogP contribution in [-0.2, 0) is 6.54 Å². The van der Waals surface area contributed by atoms with Crippen LogP contribution in [0.3, 0.4) is 0 Å². The highest BCUT2D eigenvalue weighted by atomic mass is 16.3. The van der Waals surface area contributed by atoms with Crippen molar-refractivity contribution >= 4 is 0 Å². The van der Waals surface area contributed by atoms with Gasteiger partial charge in [0.15, 0.2) is 0 Å². The molecular weight excluding hydrogens is 214 g/mol. The summed E-state index contributed by atoms with van der Waals surface area (Å²) in [6, 6.07) is 2.37. The van der Waals surface area contributed by atoms with Crippen molar-refractivity contribution in [2.45, 2.75) is 40.3 Å². The zero-order valence-corrected chi connectivity index (χ0v) is 10.8. The Morgan fingerprint density at radius 3 is 2.71 bits per heavy atom. The lowest BCUT2D eigenvalue weighted by Gasteiger charge is -2.12. The number of aromatic nitrogens is 2. The molecule has 0 amide bonds. The molecule has 0 aliphatic carbocycles. The second-order valence-corrected chi connectivity index (χ2v) is 4.49. The first kappa shape index (κ1) is 11.9. The number of furan rings is 1. The molecule has 0 aliphatic rings. The van der Waals surface area contributed by atoms with Crippen molar-refractivity contribution < 1.29 is 4.42 Å². The average molecular weight is 233 g/mol. The third-order valence-corrected chi connectivity index (χ3v) is 3.08. The summed E-state index contributed by atoms with van der Waals surface area (Å²) >= 11 is 0. The molecular formula is C13H19N3O. The lowest BCUT2D eigenvalue weighted by atomic mass is 10.1. The van der Waals surface area contributed by atoms with E-state index in [-0.39, 0.29) is 6.04 Å². The maximum absolute atomic E-state index is 5.54. The molecule has 0 aromatic carbocycles. The first-order valence-electron chi connectivity index (χ1n) is 5.87. The fourth-order valence-corrected chi connectivity index (χ4v) is 2.01. The lowest BCUT2D eigenvalue weighted by Crippen LogP contribution is -2.18. The van der Waals surface area contributed by atoms with Gasteiger partial charge in [0, 0.05) is 29.4 Å². The molecule has 2 aromatic heterocycles. The Morgan fingerprint density at radius 1 is 1.41 bits per heavy atom. The average Bonchev–Trinajstić information content (AvgIpc) is 2.81. The largest absolute Gasteiger partial charge is 0.466 e. The van der Waals surface area contributed by atoms with Crippen LogP contribution < -0.4 is 5.32 Å². The van der Waals surface area contributed by atoms with Gasteiger partial charge in [0.1, 0.15) is 11.5 Å². The van der Waals surface area contributed by atoms with Gasteiger partial charge in [-0.2, -0.15) is 5.10 Å². The SMILES string of the molecule is Cc1cc(C(C)NCc2cn[nH]c2C)c(C)o1. The standard InChI is InChI=1S/C13H19N3O/c1-8-5-13(11(4)17-8)10(3)14-6-12-7-15-16-9(12)2/h5,7,10,14H,6H2,1-4H3,(H,15,16). The third-order valence-electron chi connectivity index (χ3n) is 3.08. The molecule has 0 spiro atoms. The Kier molecular flexibility index (Phi) is 3.33. The van der Waals surface area contributed by atoms with E-state index in [1.807, 2.05) is 27.0 Å². The van der Waals surface area contributed by atoms with Crippen molar-refractivity contribution in [1.29, 1.82) is 0 Å². The number of hydrogen-bond donors (Lipinski definition) is 2. The molecule has 2 N–H and O–H groups in total. The Bertz CT molecular complexity index is 498. The van der Waals surface area contributed by atoms with Gasteiger partial charge < -0.3 is 9.73 Å². The van der Waals surface area contributed by atoms with E-state index in [0.717, 1.165) is 23.8 Å². The van der Waals surface area contributed by atoms with E-state index in [0.29, 0.717) is 0 Å². The predicted octanol–water partition coefficient (Wildman–Crippen LogP) is 2.78. The van der Waals surface area contributed by atoms with Gasteiger partial charge in [-0.05, 0) is 33.8 Å². The Morgan fingerprint density at radius 2 is 2.18 bits per heavy atom. The quantitative estimate of drug-likeness (QED) is 0.853. The molecule has 0 aliphatic heterocycles. The van der Waals surface area contributed by atoms with Crippen molar-refractivity contribution in [2.24, 2.45) is 0 Å². The number of hydrogen-bond acceptors (Lipinski definition) is 3. The molecule has 92 valence electrons. The minimum absolute atomic E-state index is 0.279. The number of aryl methyl sites for hydroxylation is 3. The molecule has 0 saturated carbocycles. The number of rotatable bonds is 4. The van der Waals surface area contributed by atoms with Crippen LogP contribution in [0, 0.1) is 20.8 Å². The maximum Gasteiger partial charge on any atom is 0.105 e. The second-order valence-electron chi connectivity index (χ2n) is 4.49. The Hall–Kier alpha value is -1.55. The Balaban J connectivity index is 2.00. The predicted molar refractivity (Wildman–Crippen MR) is 66.8 cm³/mol. The third kappa shape index (κ3) is 2.58. The van der Waals surface area contributed by atoms with Crippen molar-refractivity contribution in [3.05, 3.63) is 40.6 Å². The highest BCUT2D eigenvalue weighted by Gasteiger charge is 2.12. The van der Waals surface area contributed by atoms with Crippen molar-refractivity contribution in [1.82, 2.24) is 15.5 Å². The van der Waals surface area contributed by atoms with Crippen molar-refractivity contribution in [2.75, 3.05) is 0 Å². The highest BCUT2D eigenvalue weighted by molar-refractivity contribution is 5.24. The van der Waals surface area contributed by atoms with E-state index < -0.39 is 0 Å². The molecule has 4 heteroatoms. The molecule has 17 heavy (non-hydrogen) atoms. The van der Waals surface area contributed by atoms with Gasteiger partial charge in [-0.25, -0.2) is 0 Å². The van der Waals surface area contributed by atoms with E-state index >= 15 is 0 Å². The molecule has 0 bridgehead atoms. The first-order valence-corrected chi connectivity index (χ1v) is 5.87. The molecule has 1 atom stereocenters. The van der Waals surface area contributed by atoms with Crippen LogP contribution in [0.15, 0.2) is 16.7 Å².